The molecule has 3 nitrogen and oxygen atoms in total. The third-order valence-electron chi connectivity index (χ3n) is 26.7. The topological polar surface area (TPSA) is 9.72 Å². The molecule has 0 aromatic carbocycles. The van der Waals surface area contributed by atoms with E-state index in [4.69, 9.17) is 0 Å². The van der Waals surface area contributed by atoms with Crippen LogP contribution in [0.1, 0.15) is 270 Å². The van der Waals surface area contributed by atoms with Gasteiger partial charge in [0.1, 0.15) is 0 Å². The van der Waals surface area contributed by atoms with Gasteiger partial charge in [0.2, 0.25) is 0 Å². The van der Waals surface area contributed by atoms with Crippen molar-refractivity contribution >= 4 is 6.71 Å². The summed E-state index contributed by atoms with van der Waals surface area (Å²) in [5, 5.41) is 0. The molecule has 0 aromatic heterocycles. The average Bonchev–Trinajstić information content (AvgIpc) is 1.64. The highest BCUT2D eigenvalue weighted by molar-refractivity contribution is 6.66. The third kappa shape index (κ3) is 10.3. The van der Waals surface area contributed by atoms with Gasteiger partial charge in [-0.15, -0.1) is 0 Å². The van der Waals surface area contributed by atoms with E-state index in [-0.39, 0.29) is 27.8 Å². The van der Waals surface area contributed by atoms with Gasteiger partial charge in [0.25, 0.3) is 0 Å². The Hall–Kier alpha value is -3.14. The van der Waals surface area contributed by atoms with Crippen LogP contribution in [0.3, 0.4) is 0 Å². The van der Waals surface area contributed by atoms with E-state index in [1.807, 2.05) is 5.57 Å². The Labute approximate surface area is 509 Å². The fraction of sp³-hybridized carbons (Fsp3) is 0.747. The van der Waals surface area contributed by atoms with Crippen LogP contribution < -0.4 is 0 Å². The first kappa shape index (κ1) is 58.9. The number of hydrogen-bond donors (Lipinski definition) is 0. The molecule has 0 amide bonds. The van der Waals surface area contributed by atoms with E-state index >= 15 is 0 Å². The van der Waals surface area contributed by atoms with Crippen LogP contribution in [-0.4, -0.2) is 45.1 Å². The molecular weight excluding hydrogens is 1000 g/mol. The smallest absolute Gasteiger partial charge is 0.168 e. The summed E-state index contributed by atoms with van der Waals surface area (Å²) in [6.45, 7) is 36.6. The first-order valence-corrected chi connectivity index (χ1v) is 35.9. The van der Waals surface area contributed by atoms with E-state index < -0.39 is 0 Å². The average molecular weight is 1120 g/mol. The second-order valence-electron chi connectivity index (χ2n) is 35.4. The Morgan fingerprint density at radius 1 is 0.614 bits per heavy atom. The lowest BCUT2D eigenvalue weighted by Crippen LogP contribution is -2.67. The Bertz CT molecular complexity index is 2800. The molecule has 0 aromatic rings. The van der Waals surface area contributed by atoms with Crippen molar-refractivity contribution in [3.63, 3.8) is 0 Å². The van der Waals surface area contributed by atoms with Crippen molar-refractivity contribution in [3.8, 4) is 0 Å². The van der Waals surface area contributed by atoms with E-state index in [1.54, 1.807) is 45.1 Å². The molecule has 0 radical (unpaired) electrons. The highest BCUT2D eigenvalue weighted by atomic mass is 15.3. The molecule has 0 bridgehead atoms. The minimum absolute atomic E-state index is 0.0569. The van der Waals surface area contributed by atoms with E-state index in [1.165, 1.54) is 173 Å². The molecule has 10 atom stereocenters. The zero-order valence-corrected chi connectivity index (χ0v) is 55.7. The monoisotopic (exact) mass is 1120 g/mol. The van der Waals surface area contributed by atoms with Gasteiger partial charge < -0.3 is 14.7 Å². The molecule has 1 spiro atoms. The maximum Gasteiger partial charge on any atom is 0.168 e. The van der Waals surface area contributed by atoms with Crippen LogP contribution >= 0.6 is 0 Å². The van der Waals surface area contributed by atoms with Crippen molar-refractivity contribution < 1.29 is 0 Å². The van der Waals surface area contributed by atoms with Gasteiger partial charge in [-0.1, -0.05) is 200 Å². The maximum atomic E-state index is 3.35. The van der Waals surface area contributed by atoms with Gasteiger partial charge in [0.05, 0.1) is 6.04 Å². The SMILES string of the molecule is CC(C)(C)C1=CC=C(N2C3C=C(N(C4=CCC(C(C)(C)C)CC4)C4=C(C5CCCCC5)CC(C(C)(C)C)C=C4)C=C4C3B(C3C=C(C5CCCCC5)CC5C3N4C(C)(C)C53CCCCC3)C3CC(C(C)(C)C)=CCC32)C(C2=CCCCC2)C1. The number of hydrogen-bond acceptors (Lipinski definition) is 3. The second-order valence-corrected chi connectivity index (χ2v) is 35.4. The van der Waals surface area contributed by atoms with Crippen LogP contribution in [0, 0.1) is 62.6 Å². The minimum Gasteiger partial charge on any atom is -0.366 e. The predicted octanol–water partition coefficient (Wildman–Crippen LogP) is 22.0. The van der Waals surface area contributed by atoms with Crippen molar-refractivity contribution in [2.24, 2.45) is 62.6 Å². The van der Waals surface area contributed by atoms with Crippen LogP contribution in [0.4, 0.5) is 0 Å². The lowest BCUT2D eigenvalue weighted by molar-refractivity contribution is 0.0231. The van der Waals surface area contributed by atoms with Crippen LogP contribution in [0.15, 0.2) is 117 Å². The van der Waals surface area contributed by atoms with E-state index in [0.717, 1.165) is 18.3 Å². The van der Waals surface area contributed by atoms with Crippen molar-refractivity contribution in [1.82, 2.24) is 14.7 Å². The van der Waals surface area contributed by atoms with Crippen molar-refractivity contribution in [1.29, 1.82) is 0 Å². The first-order chi connectivity index (χ1) is 39.4. The summed E-state index contributed by atoms with van der Waals surface area (Å²) in [6.07, 6.45) is 64.6. The third-order valence-corrected chi connectivity index (χ3v) is 26.7. The molecule has 10 unspecified atom stereocenters. The minimum atomic E-state index is 0.0569. The molecule has 6 fully saturated rings. The van der Waals surface area contributed by atoms with Gasteiger partial charge in [-0.05, 0) is 228 Å². The molecule has 4 heteroatoms. The van der Waals surface area contributed by atoms with Gasteiger partial charge in [0.15, 0.2) is 6.71 Å². The van der Waals surface area contributed by atoms with Gasteiger partial charge in [-0.2, -0.15) is 0 Å². The number of rotatable bonds is 7. The molecule has 13 aliphatic rings. The largest absolute Gasteiger partial charge is 0.366 e. The fourth-order valence-electron chi connectivity index (χ4n) is 21.8. The molecule has 3 heterocycles. The van der Waals surface area contributed by atoms with Crippen LogP contribution in [0.25, 0.3) is 0 Å². The number of allylic oxidation sites excluding steroid dienone is 13. The van der Waals surface area contributed by atoms with Crippen molar-refractivity contribution in [2.75, 3.05) is 0 Å². The zero-order chi connectivity index (χ0) is 58.2. The van der Waals surface area contributed by atoms with Gasteiger partial charge in [0, 0.05) is 57.8 Å². The van der Waals surface area contributed by atoms with E-state index in [9.17, 15) is 0 Å². The molecule has 3 saturated carbocycles. The van der Waals surface area contributed by atoms with Gasteiger partial charge >= 0.3 is 0 Å². The summed E-state index contributed by atoms with van der Waals surface area (Å²) >= 11 is 0. The summed E-state index contributed by atoms with van der Waals surface area (Å²) in [5.41, 5.74) is 18.3. The summed E-state index contributed by atoms with van der Waals surface area (Å²) in [5.74, 6) is 5.52. The zero-order valence-electron chi connectivity index (χ0n) is 55.7. The van der Waals surface area contributed by atoms with Gasteiger partial charge in [-0.25, -0.2) is 0 Å². The predicted molar refractivity (Wildman–Crippen MR) is 355 cm³/mol. The molecule has 10 aliphatic carbocycles. The number of nitrogens with zero attached hydrogens (tertiary/aromatic N) is 3. The highest BCUT2D eigenvalue weighted by Gasteiger charge is 2.72. The fourth-order valence-corrected chi connectivity index (χ4v) is 21.8. The van der Waals surface area contributed by atoms with E-state index in [0.29, 0.717) is 70.7 Å². The Kier molecular flexibility index (Phi) is 15.5. The lowest BCUT2D eigenvalue weighted by atomic mass is 9.19. The Morgan fingerprint density at radius 2 is 1.31 bits per heavy atom. The summed E-state index contributed by atoms with van der Waals surface area (Å²) in [6, 6.07) is 1.31. The molecule has 0 N–H and O–H groups in total. The first-order valence-electron chi connectivity index (χ1n) is 35.9. The quantitative estimate of drug-likeness (QED) is 0.186. The molecule has 13 rings (SSSR count). The Balaban J connectivity index is 1.09. The summed E-state index contributed by atoms with van der Waals surface area (Å²) in [4.78, 5) is 9.69. The number of fused-ring (bicyclic) bond motifs is 5. The van der Waals surface area contributed by atoms with Crippen LogP contribution in [0.5, 0.6) is 0 Å². The molecular formula is C79H118BN3. The molecule has 452 valence electrons. The summed E-state index contributed by atoms with van der Waals surface area (Å²) < 4.78 is 0. The summed E-state index contributed by atoms with van der Waals surface area (Å²) in [7, 11) is 0. The second kappa shape index (κ2) is 21.9. The molecule has 3 aliphatic heterocycles. The molecule has 83 heavy (non-hydrogen) atoms. The normalized spacial score (nSPS) is 35.0. The van der Waals surface area contributed by atoms with Crippen LogP contribution in [-0.2, 0) is 0 Å². The Morgan fingerprint density at radius 3 is 1.95 bits per heavy atom. The van der Waals surface area contributed by atoms with Crippen LogP contribution in [0.2, 0.25) is 17.5 Å². The standard InChI is InChI=1S/C79H118BN3/c1-74(2,3)56-33-38-60(39-34-56)81(67-40-35-57(75(4,5)6)47-62(67)53-29-21-16-22-30-53)61-50-70-72-71(51-61)83-73-64(79(78(83,13)14)43-25-18-26-44-79)45-55(52-27-19-15-20-28-52)46-66(73)80(72)65-49-59(77(10,11)12)37-42-69(65)82(70)68-41-36-58(76(7,8)9)48-63(68)54-31-23-17-24-32-54/h31,35-38,40-41,46,50-53,56-57,63-66,69-70,72-73H,15-30,32-34,39,42-45,47-49H2,1-14H3. The molecule has 3 saturated heterocycles. The lowest BCUT2D eigenvalue weighted by Gasteiger charge is -2.65. The maximum absolute atomic E-state index is 3.35. The highest BCUT2D eigenvalue weighted by Crippen LogP contribution is 2.73. The van der Waals surface area contributed by atoms with Gasteiger partial charge in [-0.3, -0.25) is 0 Å². The van der Waals surface area contributed by atoms with E-state index in [2.05, 4.69) is 172 Å². The van der Waals surface area contributed by atoms with Crippen molar-refractivity contribution in [2.45, 2.75) is 311 Å². The van der Waals surface area contributed by atoms with Crippen molar-refractivity contribution in [3.05, 3.63) is 117 Å².